The molecule has 0 heterocycles. The average molecular weight is 278 g/mol. The number of nitrogen functional groups attached to an aromatic ring is 2. The van der Waals surface area contributed by atoms with Crippen LogP contribution in [-0.4, -0.2) is 13.0 Å². The standard InChI is InChI=1S/C13H14N2O3S/c1-8-6-9(14)2-4-11(8)12-5-3-10(15)7-13(12)19(16,17)18/h2-7H,14-15H2,1H3,(H,16,17,18). The maximum atomic E-state index is 11.4. The van der Waals surface area contributed by atoms with Crippen molar-refractivity contribution in [3.8, 4) is 11.1 Å². The first-order valence-corrected chi connectivity index (χ1v) is 6.96. The molecule has 0 saturated carbocycles. The van der Waals surface area contributed by atoms with E-state index in [1.54, 1.807) is 30.3 Å². The molecule has 19 heavy (non-hydrogen) atoms. The maximum absolute atomic E-state index is 11.4. The molecule has 0 unspecified atom stereocenters. The van der Waals surface area contributed by atoms with E-state index in [2.05, 4.69) is 0 Å². The van der Waals surface area contributed by atoms with Crippen LogP contribution in [0.3, 0.4) is 0 Å². The summed E-state index contributed by atoms with van der Waals surface area (Å²) in [6, 6.07) is 9.51. The van der Waals surface area contributed by atoms with Gasteiger partial charge in [0.2, 0.25) is 0 Å². The van der Waals surface area contributed by atoms with Gasteiger partial charge in [0.25, 0.3) is 10.1 Å². The molecule has 0 aliphatic carbocycles. The molecular weight excluding hydrogens is 264 g/mol. The van der Waals surface area contributed by atoms with Crippen molar-refractivity contribution in [3.63, 3.8) is 0 Å². The summed E-state index contributed by atoms with van der Waals surface area (Å²) in [4.78, 5) is -0.208. The van der Waals surface area contributed by atoms with E-state index in [1.165, 1.54) is 6.07 Å². The highest BCUT2D eigenvalue weighted by atomic mass is 32.2. The summed E-state index contributed by atoms with van der Waals surface area (Å²) in [5.41, 5.74) is 14.0. The Balaban J connectivity index is 2.76. The summed E-state index contributed by atoms with van der Waals surface area (Å²) in [6.07, 6.45) is 0. The van der Waals surface area contributed by atoms with Crippen LogP contribution in [0.1, 0.15) is 5.56 Å². The predicted molar refractivity (Wildman–Crippen MR) is 75.3 cm³/mol. The Labute approximate surface area is 111 Å². The van der Waals surface area contributed by atoms with Crippen LogP contribution in [0.25, 0.3) is 11.1 Å². The molecule has 5 N–H and O–H groups in total. The van der Waals surface area contributed by atoms with Crippen LogP contribution in [-0.2, 0) is 10.1 Å². The van der Waals surface area contributed by atoms with Crippen LogP contribution in [0.4, 0.5) is 11.4 Å². The van der Waals surface area contributed by atoms with Crippen LogP contribution in [0, 0.1) is 6.92 Å². The van der Waals surface area contributed by atoms with Gasteiger partial charge in [-0.05, 0) is 42.3 Å². The average Bonchev–Trinajstić information content (AvgIpc) is 2.28. The smallest absolute Gasteiger partial charge is 0.295 e. The second-order valence-electron chi connectivity index (χ2n) is 4.31. The first kappa shape index (κ1) is 13.4. The molecule has 100 valence electrons. The van der Waals surface area contributed by atoms with Gasteiger partial charge in [0.05, 0.1) is 0 Å². The number of anilines is 2. The van der Waals surface area contributed by atoms with Gasteiger partial charge in [0.1, 0.15) is 4.90 Å². The molecule has 0 amide bonds. The van der Waals surface area contributed by atoms with Gasteiger partial charge < -0.3 is 11.5 Å². The van der Waals surface area contributed by atoms with Crippen LogP contribution in [0.2, 0.25) is 0 Å². The summed E-state index contributed by atoms with van der Waals surface area (Å²) in [5, 5.41) is 0. The molecular formula is C13H14N2O3S. The highest BCUT2D eigenvalue weighted by Crippen LogP contribution is 2.32. The molecule has 0 spiro atoms. The number of hydrogen-bond acceptors (Lipinski definition) is 4. The van der Waals surface area contributed by atoms with Crippen LogP contribution < -0.4 is 11.5 Å². The number of benzene rings is 2. The van der Waals surface area contributed by atoms with Gasteiger partial charge in [0.15, 0.2) is 0 Å². The van der Waals surface area contributed by atoms with E-state index in [9.17, 15) is 13.0 Å². The predicted octanol–water partition coefficient (Wildman–Crippen LogP) is 2.07. The Morgan fingerprint density at radius 1 is 0.947 bits per heavy atom. The summed E-state index contributed by atoms with van der Waals surface area (Å²) < 4.78 is 32.2. The maximum Gasteiger partial charge on any atom is 0.295 e. The molecule has 5 nitrogen and oxygen atoms in total. The lowest BCUT2D eigenvalue weighted by Crippen LogP contribution is -2.03. The summed E-state index contributed by atoms with van der Waals surface area (Å²) >= 11 is 0. The zero-order valence-corrected chi connectivity index (χ0v) is 11.1. The summed E-state index contributed by atoms with van der Waals surface area (Å²) in [7, 11) is -4.34. The lowest BCUT2D eigenvalue weighted by molar-refractivity contribution is 0.483. The van der Waals surface area contributed by atoms with E-state index in [1.807, 2.05) is 6.92 Å². The monoisotopic (exact) mass is 278 g/mol. The van der Waals surface area contributed by atoms with Gasteiger partial charge in [-0.3, -0.25) is 4.55 Å². The SMILES string of the molecule is Cc1cc(N)ccc1-c1ccc(N)cc1S(=O)(=O)O. The molecule has 0 atom stereocenters. The first-order valence-electron chi connectivity index (χ1n) is 5.52. The molecule has 6 heteroatoms. The zero-order chi connectivity index (χ0) is 14.2. The minimum Gasteiger partial charge on any atom is -0.399 e. The fraction of sp³-hybridized carbons (Fsp3) is 0.0769. The second-order valence-corrected chi connectivity index (χ2v) is 5.69. The number of nitrogens with two attached hydrogens (primary N) is 2. The van der Waals surface area contributed by atoms with Crippen LogP contribution in [0.5, 0.6) is 0 Å². The van der Waals surface area contributed by atoms with E-state index in [0.717, 1.165) is 5.56 Å². The van der Waals surface area contributed by atoms with Crippen LogP contribution >= 0.6 is 0 Å². The van der Waals surface area contributed by atoms with E-state index in [0.29, 0.717) is 16.8 Å². The molecule has 2 aromatic rings. The quantitative estimate of drug-likeness (QED) is 0.576. The lowest BCUT2D eigenvalue weighted by Gasteiger charge is -2.11. The van der Waals surface area contributed by atoms with Gasteiger partial charge in [-0.25, -0.2) is 0 Å². The highest BCUT2D eigenvalue weighted by Gasteiger charge is 2.18. The van der Waals surface area contributed by atoms with Crippen molar-refractivity contribution in [1.82, 2.24) is 0 Å². The molecule has 0 fully saturated rings. The van der Waals surface area contributed by atoms with Crippen molar-refractivity contribution in [2.45, 2.75) is 11.8 Å². The molecule has 0 aliphatic heterocycles. The number of aryl methyl sites for hydroxylation is 1. The Bertz CT molecular complexity index is 740. The van der Waals surface area contributed by atoms with E-state index >= 15 is 0 Å². The van der Waals surface area contributed by atoms with Crippen molar-refractivity contribution in [2.24, 2.45) is 0 Å². The van der Waals surface area contributed by atoms with E-state index < -0.39 is 10.1 Å². The zero-order valence-electron chi connectivity index (χ0n) is 10.3. The van der Waals surface area contributed by atoms with Crippen molar-refractivity contribution < 1.29 is 13.0 Å². The minimum atomic E-state index is -4.34. The largest absolute Gasteiger partial charge is 0.399 e. The molecule has 2 aromatic carbocycles. The fourth-order valence-corrected chi connectivity index (χ4v) is 2.70. The van der Waals surface area contributed by atoms with Crippen LogP contribution in [0.15, 0.2) is 41.3 Å². The van der Waals surface area contributed by atoms with Gasteiger partial charge in [-0.2, -0.15) is 8.42 Å². The van der Waals surface area contributed by atoms with E-state index in [4.69, 9.17) is 11.5 Å². The Hall–Kier alpha value is -2.05. The fourth-order valence-electron chi connectivity index (χ4n) is 1.96. The second kappa shape index (κ2) is 4.56. The molecule has 0 aromatic heterocycles. The van der Waals surface area contributed by atoms with Crippen molar-refractivity contribution in [3.05, 3.63) is 42.0 Å². The topological polar surface area (TPSA) is 106 Å². The van der Waals surface area contributed by atoms with Crippen molar-refractivity contribution >= 4 is 21.5 Å². The summed E-state index contributed by atoms with van der Waals surface area (Å²) in [5.74, 6) is 0. The number of rotatable bonds is 2. The molecule has 0 aliphatic rings. The van der Waals surface area contributed by atoms with Gasteiger partial charge in [-0.1, -0.05) is 12.1 Å². The van der Waals surface area contributed by atoms with Crippen molar-refractivity contribution in [1.29, 1.82) is 0 Å². The molecule has 0 radical (unpaired) electrons. The van der Waals surface area contributed by atoms with Crippen molar-refractivity contribution in [2.75, 3.05) is 11.5 Å². The first-order chi connectivity index (χ1) is 8.79. The van der Waals surface area contributed by atoms with E-state index in [-0.39, 0.29) is 10.6 Å². The Morgan fingerprint density at radius 3 is 2.00 bits per heavy atom. The Morgan fingerprint density at radius 2 is 1.47 bits per heavy atom. The third-order valence-corrected chi connectivity index (χ3v) is 3.72. The molecule has 0 saturated heterocycles. The third kappa shape index (κ3) is 2.69. The summed E-state index contributed by atoms with van der Waals surface area (Å²) in [6.45, 7) is 1.82. The van der Waals surface area contributed by atoms with Gasteiger partial charge in [-0.15, -0.1) is 0 Å². The van der Waals surface area contributed by atoms with Gasteiger partial charge >= 0.3 is 0 Å². The minimum absolute atomic E-state index is 0.208. The molecule has 0 bridgehead atoms. The Kier molecular flexibility index (Phi) is 3.21. The normalized spacial score (nSPS) is 11.5. The highest BCUT2D eigenvalue weighted by molar-refractivity contribution is 7.86. The van der Waals surface area contributed by atoms with Gasteiger partial charge in [0, 0.05) is 16.9 Å². The lowest BCUT2D eigenvalue weighted by atomic mass is 10.00. The number of hydrogen-bond donors (Lipinski definition) is 3. The third-order valence-electron chi connectivity index (χ3n) is 2.82. The molecule has 2 rings (SSSR count).